The van der Waals surface area contributed by atoms with Gasteiger partial charge in [0.1, 0.15) is 0 Å². The van der Waals surface area contributed by atoms with E-state index in [9.17, 15) is 4.79 Å². The van der Waals surface area contributed by atoms with Gasteiger partial charge in [-0.2, -0.15) is 5.10 Å². The molecule has 1 amide bonds. The molecular weight excluding hydrogens is 448 g/mol. The summed E-state index contributed by atoms with van der Waals surface area (Å²) in [6.07, 6.45) is 5.79. The van der Waals surface area contributed by atoms with Gasteiger partial charge in [-0.25, -0.2) is 9.50 Å². The van der Waals surface area contributed by atoms with Crippen molar-refractivity contribution in [3.63, 3.8) is 0 Å². The molecule has 0 unspecified atom stereocenters. The Morgan fingerprint density at radius 2 is 1.61 bits per heavy atom. The summed E-state index contributed by atoms with van der Waals surface area (Å²) in [4.78, 5) is 21.6. The van der Waals surface area contributed by atoms with Crippen LogP contribution in [0.4, 0.5) is 5.69 Å². The minimum absolute atomic E-state index is 0.0108. The zero-order chi connectivity index (χ0) is 24.6. The van der Waals surface area contributed by atoms with E-state index in [0.717, 1.165) is 64.9 Å². The first kappa shape index (κ1) is 22.2. The lowest BCUT2D eigenvalue weighted by Crippen LogP contribution is -2.43. The van der Waals surface area contributed by atoms with E-state index in [0.29, 0.717) is 5.56 Å². The Balaban J connectivity index is 1.36. The molecule has 36 heavy (non-hydrogen) atoms. The fourth-order valence-corrected chi connectivity index (χ4v) is 4.97. The minimum Gasteiger partial charge on any atom is -0.369 e. The van der Waals surface area contributed by atoms with Crippen LogP contribution in [-0.4, -0.2) is 65.7 Å². The first-order valence-corrected chi connectivity index (χ1v) is 12.2. The third-order valence-electron chi connectivity index (χ3n) is 6.89. The standard InChI is InChI=1S/C29H28N6O/c1-33(2)29(36)26-8-4-5-23-24(26)6-3-7-25(23)27-18-32-35-19-21(17-31-28(27)35)20-9-11-22(12-10-20)34-15-13-30-14-16-34/h3-12,17-19,30H,13-16H2,1-2H3. The van der Waals surface area contributed by atoms with Gasteiger partial charge in [0.2, 0.25) is 0 Å². The van der Waals surface area contributed by atoms with Crippen molar-refractivity contribution in [1.82, 2.24) is 24.8 Å². The van der Waals surface area contributed by atoms with Crippen molar-refractivity contribution in [3.05, 3.63) is 84.8 Å². The number of nitrogens with one attached hydrogen (secondary N) is 1. The molecule has 180 valence electrons. The van der Waals surface area contributed by atoms with Crippen molar-refractivity contribution in [3.8, 4) is 22.3 Å². The van der Waals surface area contributed by atoms with Crippen LogP contribution in [0.1, 0.15) is 10.4 Å². The second kappa shape index (κ2) is 9.09. The highest BCUT2D eigenvalue weighted by Gasteiger charge is 2.17. The second-order valence-electron chi connectivity index (χ2n) is 9.36. The van der Waals surface area contributed by atoms with Crippen LogP contribution >= 0.6 is 0 Å². The SMILES string of the molecule is CN(C)C(=O)c1cccc2c(-c3cnn4cc(-c5ccc(N6CCNCC6)cc5)cnc34)cccc12. The predicted molar refractivity (Wildman–Crippen MR) is 144 cm³/mol. The molecule has 7 heteroatoms. The maximum absolute atomic E-state index is 12.7. The molecule has 0 radical (unpaired) electrons. The van der Waals surface area contributed by atoms with Crippen molar-refractivity contribution in [2.24, 2.45) is 0 Å². The summed E-state index contributed by atoms with van der Waals surface area (Å²) in [5.41, 5.74) is 6.80. The summed E-state index contributed by atoms with van der Waals surface area (Å²) in [5.74, 6) is -0.0108. The molecule has 7 nitrogen and oxygen atoms in total. The monoisotopic (exact) mass is 476 g/mol. The van der Waals surface area contributed by atoms with E-state index >= 15 is 0 Å². The van der Waals surface area contributed by atoms with Gasteiger partial charge in [0.25, 0.3) is 5.91 Å². The number of carbonyl (C=O) groups excluding carboxylic acids is 1. The molecule has 0 bridgehead atoms. The molecule has 1 fully saturated rings. The zero-order valence-corrected chi connectivity index (χ0v) is 20.5. The Hall–Kier alpha value is -4.23. The molecule has 5 aromatic rings. The van der Waals surface area contributed by atoms with Gasteiger partial charge in [0.05, 0.1) is 6.20 Å². The summed E-state index contributed by atoms with van der Waals surface area (Å²) < 4.78 is 1.84. The van der Waals surface area contributed by atoms with Gasteiger partial charge in [-0.1, -0.05) is 42.5 Å². The fraction of sp³-hybridized carbons (Fsp3) is 0.207. The van der Waals surface area contributed by atoms with Crippen molar-refractivity contribution >= 4 is 28.0 Å². The Labute approximate surface area is 210 Å². The third kappa shape index (κ3) is 3.87. The Morgan fingerprint density at radius 1 is 0.861 bits per heavy atom. The number of nitrogens with zero attached hydrogens (tertiary/aromatic N) is 5. The van der Waals surface area contributed by atoms with Crippen LogP contribution < -0.4 is 10.2 Å². The molecule has 2 aromatic heterocycles. The van der Waals surface area contributed by atoms with Crippen molar-refractivity contribution in [1.29, 1.82) is 0 Å². The van der Waals surface area contributed by atoms with Gasteiger partial charge >= 0.3 is 0 Å². The lowest BCUT2D eigenvalue weighted by molar-refractivity contribution is 0.0829. The minimum atomic E-state index is -0.0108. The third-order valence-corrected chi connectivity index (χ3v) is 6.89. The van der Waals surface area contributed by atoms with Crippen LogP contribution in [-0.2, 0) is 0 Å². The number of hydrogen-bond acceptors (Lipinski definition) is 5. The number of rotatable bonds is 4. The lowest BCUT2D eigenvalue weighted by Gasteiger charge is -2.29. The molecule has 0 saturated carbocycles. The van der Waals surface area contributed by atoms with Crippen LogP contribution in [0.2, 0.25) is 0 Å². The van der Waals surface area contributed by atoms with E-state index in [1.165, 1.54) is 5.69 Å². The number of aromatic nitrogens is 3. The Morgan fingerprint density at radius 3 is 2.39 bits per heavy atom. The molecule has 6 rings (SSSR count). The summed E-state index contributed by atoms with van der Waals surface area (Å²) in [7, 11) is 3.55. The molecule has 0 aliphatic carbocycles. The van der Waals surface area contributed by atoms with Crippen LogP contribution in [0.15, 0.2) is 79.3 Å². The largest absolute Gasteiger partial charge is 0.369 e. The van der Waals surface area contributed by atoms with Crippen LogP contribution in [0.5, 0.6) is 0 Å². The number of anilines is 1. The number of carbonyl (C=O) groups is 1. The quantitative estimate of drug-likeness (QED) is 0.418. The van der Waals surface area contributed by atoms with Gasteiger partial charge in [0, 0.05) is 75.0 Å². The van der Waals surface area contributed by atoms with E-state index in [1.807, 2.05) is 47.4 Å². The van der Waals surface area contributed by atoms with Crippen LogP contribution in [0.25, 0.3) is 38.7 Å². The number of hydrogen-bond donors (Lipinski definition) is 1. The van der Waals surface area contributed by atoms with E-state index < -0.39 is 0 Å². The van der Waals surface area contributed by atoms with Gasteiger partial charge in [-0.05, 0) is 40.1 Å². The van der Waals surface area contributed by atoms with E-state index in [-0.39, 0.29) is 5.91 Å². The molecule has 1 aliphatic rings. The van der Waals surface area contributed by atoms with Crippen LogP contribution in [0, 0.1) is 0 Å². The smallest absolute Gasteiger partial charge is 0.253 e. The summed E-state index contributed by atoms with van der Waals surface area (Å²) in [6, 6.07) is 20.6. The molecule has 3 heterocycles. The highest BCUT2D eigenvalue weighted by Crippen LogP contribution is 2.33. The first-order valence-electron chi connectivity index (χ1n) is 12.2. The first-order chi connectivity index (χ1) is 17.6. The number of piperazine rings is 1. The molecule has 0 atom stereocenters. The fourth-order valence-electron chi connectivity index (χ4n) is 4.97. The van der Waals surface area contributed by atoms with E-state index in [1.54, 1.807) is 19.0 Å². The van der Waals surface area contributed by atoms with Crippen molar-refractivity contribution in [2.75, 3.05) is 45.2 Å². The second-order valence-corrected chi connectivity index (χ2v) is 9.36. The van der Waals surface area contributed by atoms with Gasteiger partial charge in [-0.3, -0.25) is 4.79 Å². The molecule has 1 N–H and O–H groups in total. The highest BCUT2D eigenvalue weighted by molar-refractivity contribution is 6.11. The Bertz CT molecular complexity index is 1560. The molecular formula is C29H28N6O. The zero-order valence-electron chi connectivity index (χ0n) is 20.5. The number of benzene rings is 3. The average Bonchev–Trinajstić information content (AvgIpc) is 3.35. The van der Waals surface area contributed by atoms with E-state index in [2.05, 4.69) is 51.7 Å². The van der Waals surface area contributed by atoms with Crippen molar-refractivity contribution in [2.45, 2.75) is 0 Å². The predicted octanol–water partition coefficient (Wildman–Crippen LogP) is 4.33. The average molecular weight is 477 g/mol. The summed E-state index contributed by atoms with van der Waals surface area (Å²) in [5, 5.41) is 9.96. The molecule has 1 saturated heterocycles. The maximum Gasteiger partial charge on any atom is 0.253 e. The van der Waals surface area contributed by atoms with Gasteiger partial charge in [0.15, 0.2) is 5.65 Å². The van der Waals surface area contributed by atoms with Crippen LogP contribution in [0.3, 0.4) is 0 Å². The lowest BCUT2D eigenvalue weighted by atomic mass is 9.96. The normalized spacial score (nSPS) is 13.9. The number of fused-ring (bicyclic) bond motifs is 2. The van der Waals surface area contributed by atoms with E-state index in [4.69, 9.17) is 4.98 Å². The number of amides is 1. The van der Waals surface area contributed by atoms with Gasteiger partial charge < -0.3 is 15.1 Å². The maximum atomic E-state index is 12.7. The Kier molecular flexibility index (Phi) is 5.62. The summed E-state index contributed by atoms with van der Waals surface area (Å²) >= 11 is 0. The summed E-state index contributed by atoms with van der Waals surface area (Å²) in [6.45, 7) is 4.10. The topological polar surface area (TPSA) is 65.8 Å². The van der Waals surface area contributed by atoms with Crippen molar-refractivity contribution < 1.29 is 4.79 Å². The van der Waals surface area contributed by atoms with Gasteiger partial charge in [-0.15, -0.1) is 0 Å². The molecule has 0 spiro atoms. The molecule has 3 aromatic carbocycles. The molecule has 1 aliphatic heterocycles. The highest BCUT2D eigenvalue weighted by atomic mass is 16.2.